The second kappa shape index (κ2) is 6.61. The first kappa shape index (κ1) is 17.5. The Kier molecular flexibility index (Phi) is 3.86. The van der Waals surface area contributed by atoms with Crippen LogP contribution in [0.4, 0.5) is 10.2 Å². The second-order valence-electron chi connectivity index (χ2n) is 7.40. The van der Waals surface area contributed by atoms with Crippen LogP contribution in [0.3, 0.4) is 0 Å². The molecule has 1 N–H and O–H groups in total. The first-order valence-electron chi connectivity index (χ1n) is 9.64. The van der Waals surface area contributed by atoms with Crippen molar-refractivity contribution in [3.05, 3.63) is 47.7 Å². The third kappa shape index (κ3) is 2.70. The zero-order chi connectivity index (χ0) is 20.2. The van der Waals surface area contributed by atoms with E-state index in [1.165, 1.54) is 16.8 Å². The summed E-state index contributed by atoms with van der Waals surface area (Å²) in [4.78, 5) is 27.5. The summed E-state index contributed by atoms with van der Waals surface area (Å²) in [6, 6.07) is 2.39. The number of hydroxylamine groups is 1. The first-order valence-corrected chi connectivity index (χ1v) is 9.64. The maximum atomic E-state index is 14.1. The Balaban J connectivity index is 1.55. The predicted molar refractivity (Wildman–Crippen MR) is 99.5 cm³/mol. The molecule has 0 aliphatic carbocycles. The minimum absolute atomic E-state index is 0.281. The molecule has 3 aliphatic heterocycles. The maximum absolute atomic E-state index is 14.1. The summed E-state index contributed by atoms with van der Waals surface area (Å²) in [6.07, 6.45) is 4.42. The minimum atomic E-state index is -0.470. The molecule has 3 aromatic rings. The van der Waals surface area contributed by atoms with Crippen LogP contribution >= 0.6 is 0 Å². The number of hydrogen-bond acceptors (Lipinski definition) is 8. The van der Waals surface area contributed by atoms with Gasteiger partial charge in [-0.05, 0) is 6.07 Å². The van der Waals surface area contributed by atoms with Gasteiger partial charge in [0.25, 0.3) is 5.91 Å². The van der Waals surface area contributed by atoms with Crippen molar-refractivity contribution in [3.8, 4) is 5.88 Å². The summed E-state index contributed by atoms with van der Waals surface area (Å²) in [7, 11) is 0. The summed E-state index contributed by atoms with van der Waals surface area (Å²) in [5.41, 5.74) is 1.28. The van der Waals surface area contributed by atoms with Gasteiger partial charge in [0.05, 0.1) is 44.3 Å². The van der Waals surface area contributed by atoms with Gasteiger partial charge in [0.15, 0.2) is 11.5 Å². The van der Waals surface area contributed by atoms with Crippen molar-refractivity contribution in [1.82, 2.24) is 24.9 Å². The number of carbonyl (C=O) groups excluding carboxylic acids is 1. The predicted octanol–water partition coefficient (Wildman–Crippen LogP) is 1.04. The second-order valence-corrected chi connectivity index (χ2v) is 7.40. The fourth-order valence-corrected chi connectivity index (χ4v) is 4.07. The summed E-state index contributed by atoms with van der Waals surface area (Å²) < 4.78 is 27.3. The number of halogens is 1. The molecule has 30 heavy (non-hydrogen) atoms. The van der Waals surface area contributed by atoms with Crippen LogP contribution in [0.5, 0.6) is 5.88 Å². The molecule has 11 heteroatoms. The standard InChI is InChI=1S/C19H17FN6O4/c20-10-5-11-14-2-4-29-26(14)16-1-3-25-17(24-16)12(7-22-25)18(27)23-13-8-28-9-15(13)30-19(11)21-6-10/h1,3,5-7,13-15H,2,4,8-9H2,(H,23,27)/t13-,14?,15+/m1/s1. The van der Waals surface area contributed by atoms with E-state index in [9.17, 15) is 9.18 Å². The van der Waals surface area contributed by atoms with Gasteiger partial charge in [0, 0.05) is 24.2 Å². The molecule has 0 saturated carbocycles. The number of ether oxygens (including phenoxy) is 2. The molecule has 0 spiro atoms. The quantitative estimate of drug-likeness (QED) is 0.584. The van der Waals surface area contributed by atoms with Gasteiger partial charge < -0.3 is 14.8 Å². The lowest BCUT2D eigenvalue weighted by atomic mass is 10.1. The average Bonchev–Trinajstić information content (AvgIpc) is 3.48. The Morgan fingerprint density at radius 3 is 3.13 bits per heavy atom. The van der Waals surface area contributed by atoms with E-state index in [0.717, 1.165) is 6.20 Å². The van der Waals surface area contributed by atoms with Gasteiger partial charge in [-0.25, -0.2) is 23.9 Å². The number of carbonyl (C=O) groups is 1. The fourth-order valence-electron chi connectivity index (χ4n) is 4.07. The van der Waals surface area contributed by atoms with Crippen molar-refractivity contribution in [1.29, 1.82) is 0 Å². The number of amides is 1. The molecule has 3 aliphatic rings. The lowest BCUT2D eigenvalue weighted by Gasteiger charge is -2.26. The highest BCUT2D eigenvalue weighted by molar-refractivity contribution is 6.00. The molecule has 1 unspecified atom stereocenters. The molecule has 6 heterocycles. The van der Waals surface area contributed by atoms with Gasteiger partial charge in [-0.1, -0.05) is 0 Å². The van der Waals surface area contributed by atoms with E-state index < -0.39 is 18.0 Å². The molecule has 2 fully saturated rings. The van der Waals surface area contributed by atoms with Crippen molar-refractivity contribution < 1.29 is 23.5 Å². The minimum Gasteiger partial charge on any atom is -0.469 e. The van der Waals surface area contributed by atoms with Crippen molar-refractivity contribution in [2.24, 2.45) is 0 Å². The normalized spacial score (nSPS) is 25.6. The molecule has 154 valence electrons. The number of rotatable bonds is 0. The van der Waals surface area contributed by atoms with E-state index in [4.69, 9.17) is 14.3 Å². The Hall–Kier alpha value is -3.31. The van der Waals surface area contributed by atoms with E-state index in [0.29, 0.717) is 42.2 Å². The van der Waals surface area contributed by atoms with Crippen molar-refractivity contribution in [3.63, 3.8) is 0 Å². The molecule has 0 radical (unpaired) electrons. The number of fused-ring (bicyclic) bond motifs is 6. The highest BCUT2D eigenvalue weighted by Gasteiger charge is 2.37. The molecule has 3 aromatic heterocycles. The Labute approximate surface area is 169 Å². The Morgan fingerprint density at radius 2 is 2.20 bits per heavy atom. The van der Waals surface area contributed by atoms with Crippen LogP contribution in [0.2, 0.25) is 0 Å². The molecule has 2 bridgehead atoms. The summed E-state index contributed by atoms with van der Waals surface area (Å²) in [5, 5.41) is 8.76. The van der Waals surface area contributed by atoms with Crippen molar-refractivity contribution in [2.75, 3.05) is 24.9 Å². The fraction of sp³-hybridized carbons (Fsp3) is 0.368. The largest absolute Gasteiger partial charge is 0.469 e. The van der Waals surface area contributed by atoms with E-state index >= 15 is 0 Å². The molecular formula is C19H17FN6O4. The molecular weight excluding hydrogens is 395 g/mol. The Bertz CT molecular complexity index is 1150. The topological polar surface area (TPSA) is 103 Å². The number of nitrogens with one attached hydrogen (secondary N) is 1. The molecule has 10 nitrogen and oxygen atoms in total. The highest BCUT2D eigenvalue weighted by atomic mass is 19.1. The van der Waals surface area contributed by atoms with E-state index in [1.54, 1.807) is 17.3 Å². The number of hydrogen-bond donors (Lipinski definition) is 1. The summed E-state index contributed by atoms with van der Waals surface area (Å²) in [6.45, 7) is 1.00. The zero-order valence-electron chi connectivity index (χ0n) is 15.7. The van der Waals surface area contributed by atoms with Gasteiger partial charge in [0.1, 0.15) is 17.5 Å². The molecule has 6 rings (SSSR count). The van der Waals surface area contributed by atoms with Crippen LogP contribution in [-0.2, 0) is 9.57 Å². The maximum Gasteiger partial charge on any atom is 0.257 e. The third-order valence-electron chi connectivity index (χ3n) is 5.54. The van der Waals surface area contributed by atoms with Crippen LogP contribution in [0.15, 0.2) is 30.7 Å². The van der Waals surface area contributed by atoms with Crippen LogP contribution in [0.25, 0.3) is 5.65 Å². The van der Waals surface area contributed by atoms with E-state index in [1.807, 2.05) is 0 Å². The smallest absolute Gasteiger partial charge is 0.257 e. The monoisotopic (exact) mass is 412 g/mol. The number of anilines is 1. The van der Waals surface area contributed by atoms with Gasteiger partial charge >= 0.3 is 0 Å². The lowest BCUT2D eigenvalue weighted by molar-refractivity contribution is 0.0902. The van der Waals surface area contributed by atoms with Crippen LogP contribution in [0, 0.1) is 5.82 Å². The SMILES string of the molecule is O=C1N[C@@H]2COC[C@@H]2Oc2ncc(F)cc2C2CCON2c2ccn3ncc1c3n2. The van der Waals surface area contributed by atoms with E-state index in [2.05, 4.69) is 20.4 Å². The van der Waals surface area contributed by atoms with Gasteiger partial charge in [-0.2, -0.15) is 5.10 Å². The first-order chi connectivity index (χ1) is 14.7. The molecule has 0 aromatic carbocycles. The number of pyridine rings is 1. The summed E-state index contributed by atoms with van der Waals surface area (Å²) >= 11 is 0. The average molecular weight is 412 g/mol. The molecule has 2 saturated heterocycles. The van der Waals surface area contributed by atoms with Crippen molar-refractivity contribution >= 4 is 17.4 Å². The van der Waals surface area contributed by atoms with Gasteiger partial charge in [-0.15, -0.1) is 0 Å². The Morgan fingerprint density at radius 1 is 1.27 bits per heavy atom. The third-order valence-corrected chi connectivity index (χ3v) is 5.54. The van der Waals surface area contributed by atoms with Gasteiger partial charge in [0.2, 0.25) is 5.88 Å². The summed E-state index contributed by atoms with van der Waals surface area (Å²) in [5.74, 6) is -0.0285. The number of nitrogens with zero attached hydrogens (tertiary/aromatic N) is 5. The molecule has 1 amide bonds. The molecule has 3 atom stereocenters. The highest BCUT2D eigenvalue weighted by Crippen LogP contribution is 2.38. The van der Waals surface area contributed by atoms with Gasteiger partial charge in [-0.3, -0.25) is 9.63 Å². The van der Waals surface area contributed by atoms with Crippen LogP contribution < -0.4 is 15.1 Å². The van der Waals surface area contributed by atoms with Crippen LogP contribution in [-0.4, -0.2) is 57.5 Å². The van der Waals surface area contributed by atoms with Crippen molar-refractivity contribution in [2.45, 2.75) is 24.6 Å². The lowest BCUT2D eigenvalue weighted by Crippen LogP contribution is -2.45. The number of aromatic nitrogens is 4. The van der Waals surface area contributed by atoms with Crippen LogP contribution in [0.1, 0.15) is 28.4 Å². The zero-order valence-corrected chi connectivity index (χ0v) is 15.7. The van der Waals surface area contributed by atoms with E-state index in [-0.39, 0.29) is 24.4 Å².